The minimum atomic E-state index is -3.39. The van der Waals surface area contributed by atoms with Gasteiger partial charge < -0.3 is 0 Å². The van der Waals surface area contributed by atoms with Gasteiger partial charge in [-0.25, -0.2) is 0 Å². The Balaban J connectivity index is 0.000000199. The second-order valence-electron chi connectivity index (χ2n) is 17.3. The number of hydrogen-bond donors (Lipinski definition) is 0. The molecule has 0 spiro atoms. The summed E-state index contributed by atoms with van der Waals surface area (Å²) in [5, 5.41) is 25.2. The predicted molar refractivity (Wildman–Crippen MR) is 291 cm³/mol. The molecule has 0 saturated carbocycles. The first-order chi connectivity index (χ1) is 32.5. The summed E-state index contributed by atoms with van der Waals surface area (Å²) < 4.78 is 5.91. The molecule has 0 N–H and O–H groups in total. The Morgan fingerprint density at radius 2 is 0.776 bits per heavy atom. The van der Waals surface area contributed by atoms with E-state index in [9.17, 15) is 5.26 Å². The molecular formula is C59H57Cl2N3OP2. The van der Waals surface area contributed by atoms with Crippen LogP contribution >= 0.6 is 34.4 Å². The summed E-state index contributed by atoms with van der Waals surface area (Å²) in [5.41, 5.74) is 3.37. The standard InChI is InChI=1S/C30H30ClN2P.C29H27ClNOP/c1-25(22-32)23-33(2)27-14-12-13-26(21-27)24-34(31,28-15-6-3-7-16-28,29-17-8-4-9-18-29)30-19-10-5-11-20-30;1-24(21-31)22-32-26-13-11-12-25(20-26)23-33(30,27-14-5-2-6-15-27,28-16-7-3-8-17-28)29-18-9-4-10-19-29/h3-21,25H,23-24H2,1-2H3;2-20,24H,22-23H2,1H3. The minimum absolute atomic E-state index is 0.0427. The molecule has 0 aliphatic carbocycles. The van der Waals surface area contributed by atoms with Crippen LogP contribution < -0.4 is 41.5 Å². The van der Waals surface area contributed by atoms with Crippen molar-refractivity contribution in [3.8, 4) is 17.9 Å². The molecule has 0 aliphatic heterocycles. The van der Waals surface area contributed by atoms with Gasteiger partial charge >= 0.3 is 410 Å². The number of ether oxygens (including phenoxy) is 1. The Morgan fingerprint density at radius 1 is 0.448 bits per heavy atom. The van der Waals surface area contributed by atoms with E-state index < -0.39 is 11.9 Å². The number of halogens is 2. The summed E-state index contributed by atoms with van der Waals surface area (Å²) in [4.78, 5) is 2.15. The van der Waals surface area contributed by atoms with Crippen LogP contribution in [0.25, 0.3) is 0 Å². The van der Waals surface area contributed by atoms with Crippen LogP contribution in [0.15, 0.2) is 231 Å². The van der Waals surface area contributed by atoms with E-state index in [1.807, 2.05) is 69.4 Å². The predicted octanol–water partition coefficient (Wildman–Crippen LogP) is 12.9. The van der Waals surface area contributed by atoms with Crippen LogP contribution in [0, 0.1) is 34.5 Å². The third-order valence-electron chi connectivity index (χ3n) is 12.5. The van der Waals surface area contributed by atoms with Gasteiger partial charge in [-0.2, -0.15) is 0 Å². The molecule has 0 aromatic heterocycles. The van der Waals surface area contributed by atoms with Crippen molar-refractivity contribution in [3.05, 3.63) is 242 Å². The molecule has 0 aliphatic rings. The van der Waals surface area contributed by atoms with Gasteiger partial charge in [0.25, 0.3) is 0 Å². The molecule has 4 nitrogen and oxygen atoms in total. The van der Waals surface area contributed by atoms with E-state index in [1.165, 1.54) is 5.56 Å². The Labute approximate surface area is 407 Å². The summed E-state index contributed by atoms with van der Waals surface area (Å²) >= 11 is 16.4. The summed E-state index contributed by atoms with van der Waals surface area (Å²) in [5.74, 6) is -6.23. The maximum absolute atomic E-state index is 9.26. The van der Waals surface area contributed by atoms with Crippen LogP contribution in [0.2, 0.25) is 0 Å². The number of benzene rings is 8. The van der Waals surface area contributed by atoms with Gasteiger partial charge in [-0.3, -0.25) is 0 Å². The fourth-order valence-electron chi connectivity index (χ4n) is 9.00. The van der Waals surface area contributed by atoms with Crippen molar-refractivity contribution >= 4 is 71.9 Å². The van der Waals surface area contributed by atoms with Crippen LogP contribution in [-0.4, -0.2) is 20.2 Å². The molecule has 0 amide bonds. The van der Waals surface area contributed by atoms with Gasteiger partial charge in [-0.05, 0) is 0 Å². The molecule has 338 valence electrons. The zero-order chi connectivity index (χ0) is 47.2. The molecule has 8 heteroatoms. The molecule has 8 rings (SSSR count). The van der Waals surface area contributed by atoms with E-state index in [0.717, 1.165) is 48.8 Å². The second-order valence-corrected chi connectivity index (χ2v) is 30.2. The normalized spacial score (nSPS) is 13.3. The molecule has 0 fully saturated rings. The van der Waals surface area contributed by atoms with E-state index in [0.29, 0.717) is 25.5 Å². The van der Waals surface area contributed by atoms with Crippen LogP contribution in [0.4, 0.5) is 5.69 Å². The van der Waals surface area contributed by atoms with Crippen molar-refractivity contribution in [2.24, 2.45) is 11.8 Å². The monoisotopic (exact) mass is 955 g/mol. The molecule has 8 aromatic rings. The second kappa shape index (κ2) is 21.6. The topological polar surface area (TPSA) is 60.0 Å². The number of nitriles is 2. The first-order valence-corrected chi connectivity index (χ1v) is 29.3. The van der Waals surface area contributed by atoms with Crippen molar-refractivity contribution in [2.75, 3.05) is 25.1 Å². The summed E-state index contributed by atoms with van der Waals surface area (Å²) in [6.07, 6.45) is 1.34. The Morgan fingerprint density at radius 3 is 1.12 bits per heavy atom. The van der Waals surface area contributed by atoms with Gasteiger partial charge in [0.05, 0.1) is 0 Å². The van der Waals surface area contributed by atoms with Gasteiger partial charge in [0.2, 0.25) is 0 Å². The SMILES string of the molecule is CC(C#N)CN(C)c1cccc(CP(Cl)(c2ccccc2)(c2ccccc2)c2ccccc2)c1.CC(C#N)COc1cccc(CP(Cl)(c2ccccc2)(c2ccccc2)c2ccccc2)c1. The Hall–Kier alpha value is -6.22. The number of anilines is 1. The molecule has 0 radical (unpaired) electrons. The van der Waals surface area contributed by atoms with E-state index in [2.05, 4.69) is 199 Å². The molecule has 2 unspecified atom stereocenters. The molecule has 67 heavy (non-hydrogen) atoms. The first-order valence-electron chi connectivity index (χ1n) is 22.6. The fraction of sp³-hybridized carbons (Fsp3) is 0.153. The average Bonchev–Trinajstić information content (AvgIpc) is 3.39. The third kappa shape index (κ3) is 10.4. The number of nitrogens with zero attached hydrogens (tertiary/aromatic N) is 3. The van der Waals surface area contributed by atoms with Gasteiger partial charge in [-0.15, -0.1) is 0 Å². The average molecular weight is 957 g/mol. The van der Waals surface area contributed by atoms with Crippen molar-refractivity contribution in [3.63, 3.8) is 0 Å². The van der Waals surface area contributed by atoms with Gasteiger partial charge in [0.15, 0.2) is 0 Å². The molecule has 2 atom stereocenters. The third-order valence-corrected chi connectivity index (χ3v) is 26.9. The van der Waals surface area contributed by atoms with E-state index in [4.69, 9.17) is 32.5 Å². The molecule has 0 saturated heterocycles. The Bertz CT molecular complexity index is 2710. The molecule has 0 bridgehead atoms. The van der Waals surface area contributed by atoms with Crippen LogP contribution in [0.5, 0.6) is 5.75 Å². The quantitative estimate of drug-likeness (QED) is 0.0906. The maximum atomic E-state index is 9.26. The van der Waals surface area contributed by atoms with Crippen LogP contribution in [0.3, 0.4) is 0 Å². The molecular weight excluding hydrogens is 900 g/mol. The van der Waals surface area contributed by atoms with E-state index in [1.54, 1.807) is 0 Å². The summed E-state index contributed by atoms with van der Waals surface area (Å²) in [6.45, 7) is 4.85. The Kier molecular flexibility index (Phi) is 15.7. The van der Waals surface area contributed by atoms with Crippen molar-refractivity contribution in [1.82, 2.24) is 0 Å². The first kappa shape index (κ1) is 48.7. The zero-order valence-electron chi connectivity index (χ0n) is 38.3. The number of rotatable bonds is 16. The van der Waals surface area contributed by atoms with Crippen molar-refractivity contribution in [1.29, 1.82) is 10.5 Å². The van der Waals surface area contributed by atoms with Gasteiger partial charge in [-0.1, -0.05) is 0 Å². The van der Waals surface area contributed by atoms with Gasteiger partial charge in [0.1, 0.15) is 0 Å². The van der Waals surface area contributed by atoms with E-state index >= 15 is 0 Å². The van der Waals surface area contributed by atoms with Gasteiger partial charge in [0, 0.05) is 0 Å². The van der Waals surface area contributed by atoms with E-state index in [-0.39, 0.29) is 11.8 Å². The molecule has 8 aromatic carbocycles. The fourth-order valence-corrected chi connectivity index (χ4v) is 21.3. The summed E-state index contributed by atoms with van der Waals surface area (Å²) in [6, 6.07) is 84.3. The summed E-state index contributed by atoms with van der Waals surface area (Å²) in [7, 11) is 2.04. The molecule has 0 heterocycles. The van der Waals surface area contributed by atoms with Crippen LogP contribution in [0.1, 0.15) is 25.0 Å². The zero-order valence-corrected chi connectivity index (χ0v) is 41.6. The van der Waals surface area contributed by atoms with Crippen molar-refractivity contribution < 1.29 is 4.74 Å². The van der Waals surface area contributed by atoms with Crippen molar-refractivity contribution in [2.45, 2.75) is 26.2 Å². The number of hydrogen-bond acceptors (Lipinski definition) is 4. The van der Waals surface area contributed by atoms with Crippen LogP contribution in [-0.2, 0) is 12.3 Å².